The number of anilines is 1. The number of carbonyl (C=O) groups excluding carboxylic acids is 2. The maximum Gasteiger partial charge on any atom is 0.408 e. The fraction of sp³-hybridized carbons (Fsp3) is 0.239. The lowest BCUT2D eigenvalue weighted by molar-refractivity contribution is -0.377. The molecule has 5 aromatic carbocycles. The molecule has 0 saturated heterocycles. The minimum Gasteiger partial charge on any atom is -0.548 e. The van der Waals surface area contributed by atoms with Gasteiger partial charge in [-0.1, -0.05) is 109 Å². The highest BCUT2D eigenvalue weighted by atomic mass is 16.6. The third-order valence-corrected chi connectivity index (χ3v) is 8.82. The second-order valence-corrected chi connectivity index (χ2v) is 13.8. The number of alkyl carbamates (subject to hydrolysis) is 1. The predicted molar refractivity (Wildman–Crippen MR) is 214 cm³/mol. The average Bonchev–Trinajstić information content (AvgIpc) is 3.18. The number of carboxylic acids is 1. The van der Waals surface area contributed by atoms with Crippen molar-refractivity contribution < 1.29 is 29.2 Å². The molecule has 2 N–H and O–H groups in total. The van der Waals surface area contributed by atoms with E-state index in [9.17, 15) is 14.7 Å². The van der Waals surface area contributed by atoms with Gasteiger partial charge in [0.2, 0.25) is 0 Å². The van der Waals surface area contributed by atoms with Gasteiger partial charge in [-0.25, -0.2) is 9.78 Å². The Morgan fingerprint density at radius 1 is 0.759 bits per heavy atom. The van der Waals surface area contributed by atoms with Crippen LogP contribution in [0.2, 0.25) is 0 Å². The summed E-state index contributed by atoms with van der Waals surface area (Å²) >= 11 is 0. The molecule has 0 aliphatic carbocycles. The van der Waals surface area contributed by atoms with Crippen molar-refractivity contribution in [3.05, 3.63) is 151 Å². The molecule has 8 nitrogen and oxygen atoms in total. The summed E-state index contributed by atoms with van der Waals surface area (Å²) < 4.78 is 10.8. The number of hydrogen-bond donors (Lipinski definition) is 1. The van der Waals surface area contributed by atoms with Gasteiger partial charge < -0.3 is 29.6 Å². The van der Waals surface area contributed by atoms with Crippen LogP contribution < -0.4 is 25.0 Å². The van der Waals surface area contributed by atoms with Crippen LogP contribution in [0.3, 0.4) is 0 Å². The summed E-state index contributed by atoms with van der Waals surface area (Å²) in [5, 5.41) is 16.2. The van der Waals surface area contributed by atoms with E-state index in [-0.39, 0.29) is 6.42 Å². The molecule has 0 aliphatic heterocycles. The van der Waals surface area contributed by atoms with E-state index < -0.39 is 23.7 Å². The average molecular weight is 724 g/mol. The fourth-order valence-electron chi connectivity index (χ4n) is 6.22. The van der Waals surface area contributed by atoms with Gasteiger partial charge >= 0.3 is 6.09 Å². The Labute approximate surface area is 318 Å². The number of nitrogens with one attached hydrogen (secondary N) is 2. The van der Waals surface area contributed by atoms with E-state index in [4.69, 9.17) is 9.47 Å². The van der Waals surface area contributed by atoms with Gasteiger partial charge in [0.1, 0.15) is 18.0 Å². The number of amides is 1. The molecule has 1 amide bonds. The van der Waals surface area contributed by atoms with Gasteiger partial charge in [-0.05, 0) is 86.2 Å². The summed E-state index contributed by atoms with van der Waals surface area (Å²) in [7, 11) is 0. The maximum absolute atomic E-state index is 11.8. The lowest BCUT2D eigenvalue weighted by atomic mass is 9.89. The number of benzene rings is 5. The minimum atomic E-state index is -1.37. The number of hydrogen-bond acceptors (Lipinski definition) is 6. The van der Waals surface area contributed by atoms with Crippen molar-refractivity contribution in [3.8, 4) is 28.0 Å². The Bertz CT molecular complexity index is 2110. The number of ether oxygens (including phenoxy) is 2. The van der Waals surface area contributed by atoms with E-state index in [2.05, 4.69) is 108 Å². The van der Waals surface area contributed by atoms with Crippen molar-refractivity contribution in [3.63, 3.8) is 0 Å². The molecule has 0 radical (unpaired) electrons. The Balaban J connectivity index is 0.000000208. The molecular formula is C46H49N3O5. The van der Waals surface area contributed by atoms with Crippen LogP contribution >= 0.6 is 0 Å². The lowest BCUT2D eigenvalue weighted by Gasteiger charge is -2.24. The molecule has 6 aromatic rings. The van der Waals surface area contributed by atoms with Crippen LogP contribution in [0.1, 0.15) is 45.7 Å². The van der Waals surface area contributed by atoms with Crippen molar-refractivity contribution in [1.29, 1.82) is 0 Å². The van der Waals surface area contributed by atoms with E-state index >= 15 is 0 Å². The number of rotatable bonds is 12. The highest BCUT2D eigenvalue weighted by molar-refractivity contribution is 6.06. The molecule has 1 heterocycles. The predicted octanol–water partition coefficient (Wildman–Crippen LogP) is 8.29. The zero-order valence-electron chi connectivity index (χ0n) is 31.7. The van der Waals surface area contributed by atoms with Crippen LogP contribution in [-0.2, 0) is 22.6 Å². The quantitative estimate of drug-likeness (QED) is 0.136. The van der Waals surface area contributed by atoms with Crippen molar-refractivity contribution in [2.24, 2.45) is 0 Å². The first kappa shape index (κ1) is 39.1. The summed E-state index contributed by atoms with van der Waals surface area (Å²) in [4.78, 5) is 28.9. The van der Waals surface area contributed by atoms with Gasteiger partial charge in [-0.2, -0.15) is 0 Å². The number of pyridine rings is 1. The van der Waals surface area contributed by atoms with Crippen molar-refractivity contribution in [2.45, 2.75) is 59.3 Å². The lowest BCUT2D eigenvalue weighted by Crippen LogP contribution is -2.50. The van der Waals surface area contributed by atoms with Crippen LogP contribution in [-0.4, -0.2) is 36.8 Å². The smallest absolute Gasteiger partial charge is 0.408 e. The highest BCUT2D eigenvalue weighted by Gasteiger charge is 2.21. The van der Waals surface area contributed by atoms with Crippen molar-refractivity contribution in [2.75, 3.05) is 18.0 Å². The number of fused-ring (bicyclic) bond motifs is 1. The van der Waals surface area contributed by atoms with Crippen molar-refractivity contribution >= 4 is 28.5 Å². The first-order valence-corrected chi connectivity index (χ1v) is 18.3. The van der Waals surface area contributed by atoms with Gasteiger partial charge in [0.15, 0.2) is 12.4 Å². The maximum atomic E-state index is 11.8. The number of carbonyl (C=O) groups is 2. The van der Waals surface area contributed by atoms with Crippen LogP contribution in [0.5, 0.6) is 5.75 Å². The number of aliphatic carboxylic acids is 1. The summed E-state index contributed by atoms with van der Waals surface area (Å²) in [5.74, 6) is -0.696. The summed E-state index contributed by atoms with van der Waals surface area (Å²) in [6.45, 7) is 12.0. The van der Waals surface area contributed by atoms with Crippen LogP contribution in [0.25, 0.3) is 33.0 Å². The standard InChI is InChI=1S/C25H24N2.C21H25NO5/c1-3-27(4-2)24-16-17-26-18-23(24)25-21-13-9-8-12-20(21)14-15-22(25)19-10-6-5-7-11-19;1-21(2,3)27-20(25)22-18(19(23)24)13-15-9-11-17(12-10-15)26-14-16-7-5-4-6-8-16/h5-18H,3-4H2,1-2H3;4-12,18H,13-14H2,1-3H3,(H,22,25)(H,23,24)/t;18-/m.0/s1. The minimum absolute atomic E-state index is 0.0839. The molecule has 0 aliphatic rings. The first-order chi connectivity index (χ1) is 26.1. The molecule has 1 aromatic heterocycles. The summed E-state index contributed by atoms with van der Waals surface area (Å²) in [6, 6.07) is 41.6. The van der Waals surface area contributed by atoms with Crippen LogP contribution in [0.4, 0.5) is 10.5 Å². The molecule has 6 rings (SSSR count). The highest BCUT2D eigenvalue weighted by Crippen LogP contribution is 2.41. The van der Waals surface area contributed by atoms with E-state index in [1.54, 1.807) is 45.0 Å². The van der Waals surface area contributed by atoms with E-state index in [0.717, 1.165) is 24.2 Å². The molecule has 278 valence electrons. The summed E-state index contributed by atoms with van der Waals surface area (Å²) in [6.07, 6.45) is 3.45. The SMILES string of the molecule is CC(C)(C)OC(=O)N[C@@H](Cc1ccc(OCc2ccccc2)cc1)C(=O)[O-].CCN(CC)c1cc[nH+]cc1-c1c(-c2ccccc2)ccc2ccccc12. The van der Waals surface area contributed by atoms with Crippen LogP contribution in [0.15, 0.2) is 140 Å². The number of carboxylic acid groups (broad SMARTS) is 1. The largest absolute Gasteiger partial charge is 0.548 e. The van der Waals surface area contributed by atoms with Gasteiger partial charge in [-0.15, -0.1) is 0 Å². The van der Waals surface area contributed by atoms with Gasteiger partial charge in [0, 0.05) is 24.7 Å². The van der Waals surface area contributed by atoms with E-state index in [0.29, 0.717) is 12.4 Å². The molecule has 54 heavy (non-hydrogen) atoms. The Hall–Kier alpha value is -6.15. The Morgan fingerprint density at radius 3 is 2.06 bits per heavy atom. The summed E-state index contributed by atoms with van der Waals surface area (Å²) in [5.41, 5.74) is 7.39. The van der Waals surface area contributed by atoms with Gasteiger partial charge in [0.25, 0.3) is 0 Å². The molecule has 0 unspecified atom stereocenters. The number of H-pyrrole nitrogens is 1. The molecule has 0 saturated carbocycles. The Kier molecular flexibility index (Phi) is 13.4. The van der Waals surface area contributed by atoms with Gasteiger partial charge in [-0.3, -0.25) is 0 Å². The molecule has 8 heteroatoms. The number of nitrogens with zero attached hydrogens (tertiary/aromatic N) is 1. The molecule has 0 spiro atoms. The molecule has 0 bridgehead atoms. The number of aromatic amines is 1. The molecular weight excluding hydrogens is 675 g/mol. The third-order valence-electron chi connectivity index (χ3n) is 8.82. The zero-order valence-corrected chi connectivity index (χ0v) is 31.7. The third kappa shape index (κ3) is 10.7. The van der Waals surface area contributed by atoms with Gasteiger partial charge in [0.05, 0.1) is 23.3 Å². The van der Waals surface area contributed by atoms with E-state index in [1.165, 1.54) is 38.7 Å². The second kappa shape index (κ2) is 18.6. The Morgan fingerprint density at radius 2 is 1.41 bits per heavy atom. The first-order valence-electron chi connectivity index (χ1n) is 18.3. The fourth-order valence-corrected chi connectivity index (χ4v) is 6.22. The monoisotopic (exact) mass is 723 g/mol. The normalized spacial score (nSPS) is 11.5. The second-order valence-electron chi connectivity index (χ2n) is 13.8. The molecule has 0 fully saturated rings. The van der Waals surface area contributed by atoms with Crippen molar-refractivity contribution in [1.82, 2.24) is 5.32 Å². The molecule has 1 atom stereocenters. The van der Waals surface area contributed by atoms with Crippen LogP contribution in [0, 0.1) is 0 Å². The zero-order chi connectivity index (χ0) is 38.5. The van der Waals surface area contributed by atoms with E-state index in [1.807, 2.05) is 36.5 Å². The number of aromatic nitrogens is 1. The topological polar surface area (TPSA) is 105 Å².